The highest BCUT2D eigenvalue weighted by atomic mass is 16.5. The number of rotatable bonds is 8. The van der Waals surface area contributed by atoms with Gasteiger partial charge in [-0.15, -0.1) is 0 Å². The first-order chi connectivity index (χ1) is 10.3. The van der Waals surface area contributed by atoms with Crippen molar-refractivity contribution in [2.24, 2.45) is 5.41 Å². The molecule has 0 aliphatic heterocycles. The monoisotopic (exact) mass is 307 g/mol. The molecular weight excluding hydrogens is 278 g/mol. The molecule has 1 aromatic carbocycles. The van der Waals surface area contributed by atoms with Crippen LogP contribution >= 0.6 is 0 Å². The number of hydrogen-bond acceptors (Lipinski definition) is 4. The average molecular weight is 307 g/mol. The Morgan fingerprint density at radius 1 is 1.32 bits per heavy atom. The molecule has 22 heavy (non-hydrogen) atoms. The van der Waals surface area contributed by atoms with Crippen molar-refractivity contribution in [1.82, 2.24) is 5.32 Å². The summed E-state index contributed by atoms with van der Waals surface area (Å²) in [6.07, 6.45) is 1.31. The van der Waals surface area contributed by atoms with E-state index in [9.17, 15) is 4.79 Å². The summed E-state index contributed by atoms with van der Waals surface area (Å²) in [7, 11) is 1.66. The van der Waals surface area contributed by atoms with Gasteiger partial charge in [0.1, 0.15) is 5.75 Å². The third-order valence-corrected chi connectivity index (χ3v) is 3.31. The van der Waals surface area contributed by atoms with Crippen LogP contribution in [0.4, 0.5) is 0 Å². The largest absolute Gasteiger partial charge is 0.497 e. The van der Waals surface area contributed by atoms with E-state index >= 15 is 0 Å². The van der Waals surface area contributed by atoms with Crippen molar-refractivity contribution < 1.29 is 14.3 Å². The molecule has 4 heteroatoms. The van der Waals surface area contributed by atoms with Gasteiger partial charge in [0.2, 0.25) is 0 Å². The number of benzene rings is 1. The lowest BCUT2D eigenvalue weighted by molar-refractivity contribution is -0.143. The number of hydrogen-bond donors (Lipinski definition) is 1. The molecule has 0 spiro atoms. The molecule has 124 valence electrons. The fraction of sp³-hybridized carbons (Fsp3) is 0.611. The molecule has 0 saturated heterocycles. The smallest absolute Gasteiger partial charge is 0.307 e. The first kappa shape index (κ1) is 18.5. The highest BCUT2D eigenvalue weighted by Gasteiger charge is 2.21. The fourth-order valence-corrected chi connectivity index (χ4v) is 2.42. The maximum atomic E-state index is 11.8. The Labute approximate surface area is 134 Å². The topological polar surface area (TPSA) is 47.6 Å². The Balaban J connectivity index is 2.64. The summed E-state index contributed by atoms with van der Waals surface area (Å²) in [5.74, 6) is 0.701. The molecule has 1 unspecified atom stereocenters. The van der Waals surface area contributed by atoms with Crippen molar-refractivity contribution in [2.75, 3.05) is 13.7 Å². The van der Waals surface area contributed by atoms with Crippen molar-refractivity contribution in [1.29, 1.82) is 0 Å². The van der Waals surface area contributed by atoms with E-state index in [4.69, 9.17) is 9.47 Å². The number of methoxy groups -OCH3 is 1. The lowest BCUT2D eigenvalue weighted by Crippen LogP contribution is -2.35. The summed E-state index contributed by atoms with van der Waals surface area (Å²) in [5.41, 5.74) is 1.29. The normalized spacial score (nSPS) is 12.8. The van der Waals surface area contributed by atoms with Gasteiger partial charge in [-0.2, -0.15) is 0 Å². The van der Waals surface area contributed by atoms with Crippen LogP contribution in [0.3, 0.4) is 0 Å². The minimum atomic E-state index is -0.144. The molecule has 0 heterocycles. The van der Waals surface area contributed by atoms with Gasteiger partial charge in [0.25, 0.3) is 0 Å². The molecule has 0 aromatic heterocycles. The minimum Gasteiger partial charge on any atom is -0.497 e. The van der Waals surface area contributed by atoms with Crippen molar-refractivity contribution in [2.45, 2.75) is 53.1 Å². The Morgan fingerprint density at radius 2 is 2.05 bits per heavy atom. The Kier molecular flexibility index (Phi) is 7.39. The molecule has 1 atom stereocenters. The van der Waals surface area contributed by atoms with Crippen LogP contribution in [0.2, 0.25) is 0 Å². The van der Waals surface area contributed by atoms with Crippen LogP contribution in [0.25, 0.3) is 0 Å². The second-order valence-electron chi connectivity index (χ2n) is 6.70. The molecule has 0 aliphatic rings. The summed E-state index contributed by atoms with van der Waals surface area (Å²) in [5, 5.41) is 3.48. The van der Waals surface area contributed by atoms with E-state index in [-0.39, 0.29) is 17.4 Å². The number of carbonyl (C=O) groups excluding carboxylic acids is 1. The summed E-state index contributed by atoms with van der Waals surface area (Å²) in [4.78, 5) is 11.8. The van der Waals surface area contributed by atoms with E-state index in [0.717, 1.165) is 17.7 Å². The van der Waals surface area contributed by atoms with Crippen LogP contribution < -0.4 is 10.1 Å². The van der Waals surface area contributed by atoms with Crippen LogP contribution in [-0.2, 0) is 16.1 Å². The molecule has 4 nitrogen and oxygen atoms in total. The number of esters is 1. The summed E-state index contributed by atoms with van der Waals surface area (Å²) < 4.78 is 10.3. The van der Waals surface area contributed by atoms with E-state index < -0.39 is 0 Å². The second-order valence-corrected chi connectivity index (χ2v) is 6.70. The molecule has 1 N–H and O–H groups in total. The van der Waals surface area contributed by atoms with E-state index in [1.165, 1.54) is 0 Å². The molecule has 1 rings (SSSR count). The predicted molar refractivity (Wildman–Crippen MR) is 88.9 cm³/mol. The van der Waals surface area contributed by atoms with Gasteiger partial charge < -0.3 is 14.8 Å². The third kappa shape index (κ3) is 7.46. The van der Waals surface area contributed by atoms with E-state index in [1.54, 1.807) is 7.11 Å². The van der Waals surface area contributed by atoms with Gasteiger partial charge in [-0.05, 0) is 36.5 Å². The SMILES string of the molecule is CCOC(=O)CC(CC(C)(C)C)NCc1cccc(OC)c1. The standard InChI is InChI=1S/C18H29NO3/c1-6-22-17(20)11-15(12-18(2,3)4)19-13-14-8-7-9-16(10-14)21-5/h7-10,15,19H,6,11-13H2,1-5H3. The highest BCUT2D eigenvalue weighted by molar-refractivity contribution is 5.70. The third-order valence-electron chi connectivity index (χ3n) is 3.31. The van der Waals surface area contributed by atoms with Gasteiger partial charge in [-0.25, -0.2) is 0 Å². The minimum absolute atomic E-state index is 0.102. The van der Waals surface area contributed by atoms with Gasteiger partial charge in [-0.3, -0.25) is 4.79 Å². The first-order valence-electron chi connectivity index (χ1n) is 7.86. The number of carbonyl (C=O) groups is 1. The molecule has 0 saturated carbocycles. The van der Waals surface area contributed by atoms with Crippen LogP contribution in [0, 0.1) is 5.41 Å². The maximum absolute atomic E-state index is 11.8. The number of nitrogens with one attached hydrogen (secondary N) is 1. The lowest BCUT2D eigenvalue weighted by Gasteiger charge is -2.26. The summed E-state index contributed by atoms with van der Waals surface area (Å²) in [6.45, 7) is 9.50. The van der Waals surface area contributed by atoms with Gasteiger partial charge in [0.05, 0.1) is 20.1 Å². The molecule has 0 bridgehead atoms. The highest BCUT2D eigenvalue weighted by Crippen LogP contribution is 2.23. The van der Waals surface area contributed by atoms with Crippen LogP contribution in [0.1, 0.15) is 46.1 Å². The second kappa shape index (κ2) is 8.79. The summed E-state index contributed by atoms with van der Waals surface area (Å²) in [6, 6.07) is 8.05. The van der Waals surface area contributed by atoms with Crippen LogP contribution in [-0.4, -0.2) is 25.7 Å². The zero-order valence-corrected chi connectivity index (χ0v) is 14.4. The Hall–Kier alpha value is -1.55. The number of ether oxygens (including phenoxy) is 2. The molecular formula is C18H29NO3. The molecule has 0 radical (unpaired) electrons. The molecule has 0 amide bonds. The summed E-state index contributed by atoms with van der Waals surface area (Å²) >= 11 is 0. The molecule has 0 aliphatic carbocycles. The Morgan fingerprint density at radius 3 is 2.64 bits per heavy atom. The van der Waals surface area contributed by atoms with E-state index in [2.05, 4.69) is 26.1 Å². The van der Waals surface area contributed by atoms with Crippen LogP contribution in [0.15, 0.2) is 24.3 Å². The average Bonchev–Trinajstić information content (AvgIpc) is 2.43. The predicted octanol–water partition coefficient (Wildman–Crippen LogP) is 3.54. The zero-order valence-electron chi connectivity index (χ0n) is 14.4. The van der Waals surface area contributed by atoms with Crippen LogP contribution in [0.5, 0.6) is 5.75 Å². The maximum Gasteiger partial charge on any atom is 0.307 e. The van der Waals surface area contributed by atoms with Crippen molar-refractivity contribution in [3.05, 3.63) is 29.8 Å². The molecule has 0 fully saturated rings. The Bertz CT molecular complexity index is 466. The zero-order chi connectivity index (χ0) is 16.6. The van der Waals surface area contributed by atoms with E-state index in [0.29, 0.717) is 19.6 Å². The van der Waals surface area contributed by atoms with Crippen molar-refractivity contribution in [3.8, 4) is 5.75 Å². The first-order valence-corrected chi connectivity index (χ1v) is 7.86. The fourth-order valence-electron chi connectivity index (χ4n) is 2.42. The van der Waals surface area contributed by atoms with E-state index in [1.807, 2.05) is 31.2 Å². The van der Waals surface area contributed by atoms with Gasteiger partial charge in [0, 0.05) is 12.6 Å². The van der Waals surface area contributed by atoms with Gasteiger partial charge in [0.15, 0.2) is 0 Å². The molecule has 1 aromatic rings. The van der Waals surface area contributed by atoms with Gasteiger partial charge >= 0.3 is 5.97 Å². The van der Waals surface area contributed by atoms with Crippen molar-refractivity contribution in [3.63, 3.8) is 0 Å². The van der Waals surface area contributed by atoms with Crippen molar-refractivity contribution >= 4 is 5.97 Å². The van der Waals surface area contributed by atoms with Gasteiger partial charge in [-0.1, -0.05) is 32.9 Å². The quantitative estimate of drug-likeness (QED) is 0.746. The lowest BCUT2D eigenvalue weighted by atomic mass is 9.87.